The van der Waals surface area contributed by atoms with E-state index in [1.807, 2.05) is 0 Å². The van der Waals surface area contributed by atoms with Crippen molar-refractivity contribution in [3.8, 4) is 0 Å². The summed E-state index contributed by atoms with van der Waals surface area (Å²) < 4.78 is 0.905. The van der Waals surface area contributed by atoms with Crippen LogP contribution in [0.1, 0.15) is 20.8 Å². The molecule has 3 nitrogen and oxygen atoms in total. The molecule has 0 spiro atoms. The van der Waals surface area contributed by atoms with Gasteiger partial charge in [-0.2, -0.15) is 5.06 Å². The normalized spacial score (nSPS) is 11.3. The van der Waals surface area contributed by atoms with Crippen molar-refractivity contribution < 1.29 is 10.0 Å². The lowest BCUT2D eigenvalue weighted by Gasteiger charge is -2.23. The van der Waals surface area contributed by atoms with E-state index in [4.69, 9.17) is 0 Å². The maximum atomic E-state index is 11.7. The second-order valence-electron chi connectivity index (χ2n) is 4.34. The smallest absolute Gasteiger partial charge is 0.256 e. The minimum absolute atomic E-state index is 0.329. The molecular weight excluding hydrogens is 258 g/mol. The van der Waals surface area contributed by atoms with E-state index in [-0.39, 0.29) is 5.91 Å². The van der Waals surface area contributed by atoms with Crippen molar-refractivity contribution in [3.63, 3.8) is 0 Å². The molecule has 0 atom stereocenters. The van der Waals surface area contributed by atoms with Gasteiger partial charge in [-0.05, 0) is 24.3 Å². The zero-order chi connectivity index (χ0) is 11.6. The lowest BCUT2D eigenvalue weighted by atomic mass is 9.95. The summed E-state index contributed by atoms with van der Waals surface area (Å²) >= 11 is 3.29. The summed E-state index contributed by atoms with van der Waals surface area (Å²) in [5.41, 5.74) is -0.125. The standard InChI is InChI=1S/C11H14BrNO2/c1-11(2,3)10(14)13(15)9-6-4-8(12)5-7-9/h4-7,15H,1-3H3. The van der Waals surface area contributed by atoms with Gasteiger partial charge < -0.3 is 0 Å². The summed E-state index contributed by atoms with van der Waals surface area (Å²) in [6.45, 7) is 5.28. The van der Waals surface area contributed by atoms with Gasteiger partial charge in [-0.3, -0.25) is 10.0 Å². The molecule has 0 bridgehead atoms. The molecule has 1 N–H and O–H groups in total. The summed E-state index contributed by atoms with van der Waals surface area (Å²) in [6, 6.07) is 6.89. The van der Waals surface area contributed by atoms with Crippen molar-refractivity contribution in [2.75, 3.05) is 5.06 Å². The predicted octanol–water partition coefficient (Wildman–Crippen LogP) is 3.22. The fourth-order valence-corrected chi connectivity index (χ4v) is 1.28. The van der Waals surface area contributed by atoms with Crippen LogP contribution in [0.2, 0.25) is 0 Å². The molecule has 0 saturated carbocycles. The van der Waals surface area contributed by atoms with E-state index in [1.165, 1.54) is 0 Å². The van der Waals surface area contributed by atoms with Crippen LogP contribution in [-0.4, -0.2) is 11.1 Å². The molecular formula is C11H14BrNO2. The van der Waals surface area contributed by atoms with Crippen molar-refractivity contribution in [2.45, 2.75) is 20.8 Å². The van der Waals surface area contributed by atoms with Gasteiger partial charge in [0.05, 0.1) is 5.69 Å². The van der Waals surface area contributed by atoms with E-state index in [0.717, 1.165) is 4.47 Å². The van der Waals surface area contributed by atoms with Crippen molar-refractivity contribution >= 4 is 27.5 Å². The molecule has 0 radical (unpaired) electrons. The second kappa shape index (κ2) is 4.33. The molecule has 0 saturated heterocycles. The maximum absolute atomic E-state index is 11.7. The SMILES string of the molecule is CC(C)(C)C(=O)N(O)c1ccc(Br)cc1. The number of hydrogen-bond donors (Lipinski definition) is 1. The number of carbonyl (C=O) groups is 1. The highest BCUT2D eigenvalue weighted by atomic mass is 79.9. The molecule has 4 heteroatoms. The minimum Gasteiger partial charge on any atom is -0.281 e. The van der Waals surface area contributed by atoms with Gasteiger partial charge in [0, 0.05) is 9.89 Å². The van der Waals surface area contributed by atoms with E-state index >= 15 is 0 Å². The molecule has 1 aromatic rings. The van der Waals surface area contributed by atoms with E-state index < -0.39 is 5.41 Å². The topological polar surface area (TPSA) is 40.5 Å². The number of hydrogen-bond acceptors (Lipinski definition) is 2. The lowest BCUT2D eigenvalue weighted by molar-refractivity contribution is -0.131. The predicted molar refractivity (Wildman–Crippen MR) is 62.9 cm³/mol. The highest BCUT2D eigenvalue weighted by Crippen LogP contribution is 2.23. The fourth-order valence-electron chi connectivity index (χ4n) is 1.02. The number of anilines is 1. The number of nitrogens with zero attached hydrogens (tertiary/aromatic N) is 1. The van der Waals surface area contributed by atoms with Crippen molar-refractivity contribution in [1.29, 1.82) is 0 Å². The Labute approximate surface area is 97.8 Å². The molecule has 1 aromatic carbocycles. The van der Waals surface area contributed by atoms with Gasteiger partial charge in [-0.25, -0.2) is 0 Å². The average Bonchev–Trinajstić information content (AvgIpc) is 2.15. The highest BCUT2D eigenvalue weighted by molar-refractivity contribution is 9.10. The van der Waals surface area contributed by atoms with Crippen LogP contribution in [0.5, 0.6) is 0 Å². The Morgan fingerprint density at radius 3 is 2.13 bits per heavy atom. The molecule has 0 unspecified atom stereocenters. The van der Waals surface area contributed by atoms with Crippen LogP contribution in [0.3, 0.4) is 0 Å². The van der Waals surface area contributed by atoms with Gasteiger partial charge in [-0.1, -0.05) is 36.7 Å². The van der Waals surface area contributed by atoms with Crippen molar-refractivity contribution in [2.24, 2.45) is 5.41 Å². The molecule has 15 heavy (non-hydrogen) atoms. The first-order valence-electron chi connectivity index (χ1n) is 4.61. The van der Waals surface area contributed by atoms with Crippen molar-refractivity contribution in [3.05, 3.63) is 28.7 Å². The third-order valence-electron chi connectivity index (χ3n) is 1.91. The zero-order valence-electron chi connectivity index (χ0n) is 8.99. The summed E-state index contributed by atoms with van der Waals surface area (Å²) in [5.74, 6) is -0.329. The van der Waals surface area contributed by atoms with Crippen molar-refractivity contribution in [1.82, 2.24) is 0 Å². The van der Waals surface area contributed by atoms with E-state index in [9.17, 15) is 10.0 Å². The Balaban J connectivity index is 2.90. The number of rotatable bonds is 1. The quantitative estimate of drug-likeness (QED) is 0.630. The zero-order valence-corrected chi connectivity index (χ0v) is 10.6. The van der Waals surface area contributed by atoms with Crippen LogP contribution in [-0.2, 0) is 4.79 Å². The fraction of sp³-hybridized carbons (Fsp3) is 0.364. The number of halogens is 1. The van der Waals surface area contributed by atoms with Crippen LogP contribution < -0.4 is 5.06 Å². The van der Waals surface area contributed by atoms with Gasteiger partial charge in [0.1, 0.15) is 0 Å². The summed E-state index contributed by atoms with van der Waals surface area (Å²) in [4.78, 5) is 11.7. The van der Waals surface area contributed by atoms with Gasteiger partial charge in [0.2, 0.25) is 0 Å². The summed E-state index contributed by atoms with van der Waals surface area (Å²) in [7, 11) is 0. The summed E-state index contributed by atoms with van der Waals surface area (Å²) in [6.07, 6.45) is 0. The minimum atomic E-state index is -0.595. The molecule has 82 valence electrons. The lowest BCUT2D eigenvalue weighted by Crippen LogP contribution is -2.37. The molecule has 1 rings (SSSR count). The summed E-state index contributed by atoms with van der Waals surface area (Å²) in [5, 5.41) is 10.4. The van der Waals surface area contributed by atoms with Gasteiger partial charge in [-0.15, -0.1) is 0 Å². The molecule has 1 amide bonds. The number of hydroxylamine groups is 1. The second-order valence-corrected chi connectivity index (χ2v) is 5.26. The molecule has 0 aliphatic carbocycles. The van der Waals surface area contributed by atoms with Crippen LogP contribution >= 0.6 is 15.9 Å². The van der Waals surface area contributed by atoms with Gasteiger partial charge in [0.15, 0.2) is 0 Å². The van der Waals surface area contributed by atoms with Gasteiger partial charge >= 0.3 is 0 Å². The van der Waals surface area contributed by atoms with Crippen LogP contribution in [0.4, 0.5) is 5.69 Å². The first kappa shape index (κ1) is 12.2. The Morgan fingerprint density at radius 2 is 1.73 bits per heavy atom. The first-order chi connectivity index (χ1) is 6.82. The Hall–Kier alpha value is -0.870. The molecule has 0 aromatic heterocycles. The van der Waals surface area contributed by atoms with Crippen LogP contribution in [0, 0.1) is 5.41 Å². The molecule has 0 aliphatic rings. The molecule has 0 heterocycles. The van der Waals surface area contributed by atoms with Crippen LogP contribution in [0.25, 0.3) is 0 Å². The Kier molecular flexibility index (Phi) is 3.52. The molecule has 0 fully saturated rings. The van der Waals surface area contributed by atoms with Crippen LogP contribution in [0.15, 0.2) is 28.7 Å². The number of carbonyl (C=O) groups excluding carboxylic acids is 1. The maximum Gasteiger partial charge on any atom is 0.256 e. The monoisotopic (exact) mass is 271 g/mol. The van der Waals surface area contributed by atoms with Gasteiger partial charge in [0.25, 0.3) is 5.91 Å². The Bertz CT molecular complexity index is 354. The van der Waals surface area contributed by atoms with E-state index in [0.29, 0.717) is 10.8 Å². The average molecular weight is 272 g/mol. The Morgan fingerprint density at radius 1 is 1.27 bits per heavy atom. The third kappa shape index (κ3) is 3.04. The van der Waals surface area contributed by atoms with E-state index in [2.05, 4.69) is 15.9 Å². The number of amides is 1. The first-order valence-corrected chi connectivity index (χ1v) is 5.40. The number of benzene rings is 1. The highest BCUT2D eigenvalue weighted by Gasteiger charge is 2.27. The molecule has 0 aliphatic heterocycles. The van der Waals surface area contributed by atoms with E-state index in [1.54, 1.807) is 45.0 Å². The largest absolute Gasteiger partial charge is 0.281 e. The third-order valence-corrected chi connectivity index (χ3v) is 2.43.